The zero-order valence-electron chi connectivity index (χ0n) is 24.7. The van der Waals surface area contributed by atoms with E-state index in [1.54, 1.807) is 25.1 Å². The third-order valence-corrected chi connectivity index (χ3v) is 10.1. The van der Waals surface area contributed by atoms with E-state index in [2.05, 4.69) is 5.32 Å². The van der Waals surface area contributed by atoms with E-state index in [1.165, 1.54) is 18.4 Å². The van der Waals surface area contributed by atoms with Gasteiger partial charge in [-0.05, 0) is 84.3 Å². The molecular weight excluding hydrogens is 581 g/mol. The molecule has 224 valence electrons. The highest BCUT2D eigenvalue weighted by Gasteiger charge is 2.34. The molecule has 0 saturated carbocycles. The second-order valence-corrected chi connectivity index (χ2v) is 12.9. The summed E-state index contributed by atoms with van der Waals surface area (Å²) in [4.78, 5) is 27.3. The van der Waals surface area contributed by atoms with E-state index < -0.39 is 27.9 Å². The minimum atomic E-state index is -4.13. The second-order valence-electron chi connectivity index (χ2n) is 10.2. The number of carbonyl (C=O) groups excluding carboxylic acids is 2. The predicted molar refractivity (Wildman–Crippen MR) is 172 cm³/mol. The Labute approximate surface area is 258 Å². The van der Waals surface area contributed by atoms with Crippen LogP contribution in [0.25, 0.3) is 11.1 Å². The lowest BCUT2D eigenvalue weighted by Gasteiger charge is -2.25. The van der Waals surface area contributed by atoms with Gasteiger partial charge in [-0.2, -0.15) is 3.71 Å². The van der Waals surface area contributed by atoms with E-state index in [4.69, 9.17) is 4.74 Å². The van der Waals surface area contributed by atoms with Crippen molar-refractivity contribution in [2.75, 3.05) is 6.26 Å². The van der Waals surface area contributed by atoms with Crippen LogP contribution in [0.15, 0.2) is 102 Å². The van der Waals surface area contributed by atoms with Crippen molar-refractivity contribution in [1.82, 2.24) is 9.03 Å². The molecule has 0 saturated heterocycles. The Morgan fingerprint density at radius 1 is 0.837 bits per heavy atom. The normalized spacial score (nSPS) is 12.0. The van der Waals surface area contributed by atoms with Gasteiger partial charge in [0.2, 0.25) is 0 Å². The van der Waals surface area contributed by atoms with Gasteiger partial charge in [-0.3, -0.25) is 9.59 Å². The molecule has 7 nitrogen and oxygen atoms in total. The Morgan fingerprint density at radius 3 is 2.14 bits per heavy atom. The fourth-order valence-corrected chi connectivity index (χ4v) is 7.04. The minimum absolute atomic E-state index is 0.00823. The molecule has 0 aliphatic carbocycles. The van der Waals surface area contributed by atoms with Crippen LogP contribution in [0.1, 0.15) is 46.0 Å². The summed E-state index contributed by atoms with van der Waals surface area (Å²) in [6, 6.07) is 28.4. The van der Waals surface area contributed by atoms with E-state index in [9.17, 15) is 18.0 Å². The van der Waals surface area contributed by atoms with E-state index in [0.717, 1.165) is 43.5 Å². The van der Waals surface area contributed by atoms with E-state index in [1.807, 2.05) is 80.6 Å². The van der Waals surface area contributed by atoms with Gasteiger partial charge in [0.05, 0.1) is 18.1 Å². The van der Waals surface area contributed by atoms with Gasteiger partial charge in [-0.1, -0.05) is 85.3 Å². The molecule has 0 fully saturated rings. The molecule has 1 unspecified atom stereocenters. The Kier molecular flexibility index (Phi) is 10.8. The fourth-order valence-electron chi connectivity index (χ4n) is 4.65. The van der Waals surface area contributed by atoms with Crippen LogP contribution in [0.2, 0.25) is 0 Å². The van der Waals surface area contributed by atoms with Gasteiger partial charge >= 0.3 is 0 Å². The molecule has 0 heterocycles. The van der Waals surface area contributed by atoms with E-state index in [0.29, 0.717) is 24.3 Å². The maximum absolute atomic E-state index is 13.7. The lowest BCUT2D eigenvalue weighted by molar-refractivity contribution is -0.125. The molecule has 43 heavy (non-hydrogen) atoms. The molecule has 0 bridgehead atoms. The SMILES string of the molecule is CCC(NC(=O)c1ccc(COCc2ccccc2)cc1-c1ccccc1C)C(=O)N(SC)S(=O)(=O)c1ccc(C)cc1. The lowest BCUT2D eigenvalue weighted by Crippen LogP contribution is -2.47. The standard InChI is InChI=1S/C34H36N2O5S2/c1-5-32(34(38)36(42-4)43(39,40)28-18-15-24(2)16-19-28)35-33(37)30-20-17-27(23-41-22-26-12-7-6-8-13-26)21-31(30)29-14-10-9-11-25(29)3/h6-21,32H,5,22-23H2,1-4H3,(H,35,37). The lowest BCUT2D eigenvalue weighted by atomic mass is 9.93. The average Bonchev–Trinajstić information content (AvgIpc) is 3.01. The minimum Gasteiger partial charge on any atom is -0.372 e. The number of hydrogen-bond acceptors (Lipinski definition) is 6. The molecule has 4 aromatic rings. The number of nitrogens with one attached hydrogen (secondary N) is 1. The summed E-state index contributed by atoms with van der Waals surface area (Å²) in [7, 11) is -4.13. The van der Waals surface area contributed by atoms with Crippen LogP contribution in [0.4, 0.5) is 0 Å². The molecule has 2 amide bonds. The summed E-state index contributed by atoms with van der Waals surface area (Å²) in [6.07, 6.45) is 1.73. The topological polar surface area (TPSA) is 92.8 Å². The first kappa shape index (κ1) is 32.0. The van der Waals surface area contributed by atoms with Crippen LogP contribution in [0, 0.1) is 13.8 Å². The predicted octanol–water partition coefficient (Wildman–Crippen LogP) is 6.69. The Bertz CT molecular complexity index is 1670. The van der Waals surface area contributed by atoms with Crippen molar-refractivity contribution in [3.63, 3.8) is 0 Å². The Morgan fingerprint density at radius 2 is 1.49 bits per heavy atom. The van der Waals surface area contributed by atoms with Crippen molar-refractivity contribution in [1.29, 1.82) is 0 Å². The largest absolute Gasteiger partial charge is 0.372 e. The van der Waals surface area contributed by atoms with Crippen molar-refractivity contribution >= 4 is 33.8 Å². The van der Waals surface area contributed by atoms with Crippen molar-refractivity contribution in [3.8, 4) is 11.1 Å². The molecule has 9 heteroatoms. The fraction of sp³-hybridized carbons (Fsp3) is 0.235. The molecule has 0 spiro atoms. The zero-order chi connectivity index (χ0) is 31.0. The molecular formula is C34H36N2O5S2. The first-order valence-corrected chi connectivity index (χ1v) is 16.6. The van der Waals surface area contributed by atoms with Crippen molar-refractivity contribution < 1.29 is 22.7 Å². The van der Waals surface area contributed by atoms with Crippen molar-refractivity contribution in [3.05, 3.63) is 125 Å². The zero-order valence-corrected chi connectivity index (χ0v) is 26.4. The monoisotopic (exact) mass is 616 g/mol. The van der Waals surface area contributed by atoms with Gasteiger partial charge in [0.15, 0.2) is 0 Å². The molecule has 0 aromatic heterocycles. The van der Waals surface area contributed by atoms with Gasteiger partial charge in [0.25, 0.3) is 21.8 Å². The number of ether oxygens (including phenoxy) is 1. The molecule has 0 aliphatic heterocycles. The highest BCUT2D eigenvalue weighted by molar-refractivity contribution is 8.08. The number of sulfonamides is 1. The Hall–Kier alpha value is -3.92. The second kappa shape index (κ2) is 14.5. The van der Waals surface area contributed by atoms with Gasteiger partial charge in [0.1, 0.15) is 6.04 Å². The van der Waals surface area contributed by atoms with Crippen LogP contribution in [0.5, 0.6) is 0 Å². The highest BCUT2D eigenvalue weighted by atomic mass is 32.3. The number of benzene rings is 4. The molecule has 4 aromatic carbocycles. The van der Waals surface area contributed by atoms with Crippen molar-refractivity contribution in [2.24, 2.45) is 0 Å². The number of hydrogen-bond donors (Lipinski definition) is 1. The summed E-state index contributed by atoms with van der Waals surface area (Å²) in [5.74, 6) is -1.18. The first-order valence-electron chi connectivity index (χ1n) is 14.0. The van der Waals surface area contributed by atoms with Gasteiger partial charge in [0, 0.05) is 11.8 Å². The van der Waals surface area contributed by atoms with Crippen LogP contribution >= 0.6 is 11.9 Å². The van der Waals surface area contributed by atoms with Crippen LogP contribution in [-0.2, 0) is 32.8 Å². The number of nitrogens with zero attached hydrogens (tertiary/aromatic N) is 1. The smallest absolute Gasteiger partial charge is 0.276 e. The summed E-state index contributed by atoms with van der Waals surface area (Å²) in [5, 5.41) is 2.80. The van der Waals surface area contributed by atoms with E-state index in [-0.39, 0.29) is 11.3 Å². The van der Waals surface area contributed by atoms with Crippen LogP contribution < -0.4 is 5.32 Å². The molecule has 0 aliphatic rings. The van der Waals surface area contributed by atoms with E-state index >= 15 is 0 Å². The average molecular weight is 617 g/mol. The third kappa shape index (κ3) is 7.73. The summed E-state index contributed by atoms with van der Waals surface area (Å²) >= 11 is 0.791. The van der Waals surface area contributed by atoms with Gasteiger partial charge in [-0.25, -0.2) is 8.42 Å². The molecule has 4 rings (SSSR count). The molecule has 1 N–H and O–H groups in total. The summed E-state index contributed by atoms with van der Waals surface area (Å²) in [6.45, 7) is 6.37. The molecule has 0 radical (unpaired) electrons. The highest BCUT2D eigenvalue weighted by Crippen LogP contribution is 2.29. The van der Waals surface area contributed by atoms with Crippen molar-refractivity contribution in [2.45, 2.75) is 51.3 Å². The number of carbonyl (C=O) groups is 2. The third-order valence-electron chi connectivity index (χ3n) is 7.04. The van der Waals surface area contributed by atoms with Gasteiger partial charge < -0.3 is 10.1 Å². The van der Waals surface area contributed by atoms with Gasteiger partial charge in [-0.15, -0.1) is 0 Å². The number of amides is 2. The maximum Gasteiger partial charge on any atom is 0.276 e. The molecule has 1 atom stereocenters. The first-order chi connectivity index (χ1) is 20.6. The van der Waals surface area contributed by atoms with Crippen LogP contribution in [0.3, 0.4) is 0 Å². The quantitative estimate of drug-likeness (QED) is 0.178. The Balaban J connectivity index is 1.59. The van der Waals surface area contributed by atoms with Crippen LogP contribution in [-0.4, -0.2) is 36.2 Å². The summed E-state index contributed by atoms with van der Waals surface area (Å²) in [5.41, 5.74) is 5.81. The summed E-state index contributed by atoms with van der Waals surface area (Å²) < 4.78 is 33.4. The maximum atomic E-state index is 13.7. The number of rotatable bonds is 12. The number of aryl methyl sites for hydroxylation is 2.